The highest BCUT2D eigenvalue weighted by Crippen LogP contribution is 2.50. The predicted octanol–water partition coefficient (Wildman–Crippen LogP) is 7.09. The van der Waals surface area contributed by atoms with Crippen molar-refractivity contribution in [1.29, 1.82) is 0 Å². The minimum absolute atomic E-state index is 0.0232. The van der Waals surface area contributed by atoms with Gasteiger partial charge in [-0.15, -0.1) is 0 Å². The van der Waals surface area contributed by atoms with Gasteiger partial charge < -0.3 is 10.8 Å². The number of alkyl halides is 3. The van der Waals surface area contributed by atoms with Gasteiger partial charge in [0.15, 0.2) is 0 Å². The van der Waals surface area contributed by atoms with Gasteiger partial charge in [-0.25, -0.2) is 4.68 Å². The third kappa shape index (κ3) is 4.87. The first-order valence-corrected chi connectivity index (χ1v) is 12.4. The molecule has 0 amide bonds. The Balaban J connectivity index is 1.97. The number of hydrogen-bond acceptors (Lipinski definition) is 4. The number of rotatable bonds is 5. The molecule has 0 fully saturated rings. The summed E-state index contributed by atoms with van der Waals surface area (Å²) in [4.78, 5) is 4.09. The molecule has 0 aliphatic heterocycles. The Morgan fingerprint density at radius 1 is 0.944 bits per heavy atom. The summed E-state index contributed by atoms with van der Waals surface area (Å²) in [6.07, 6.45) is -2.67. The second-order valence-electron chi connectivity index (χ2n) is 7.65. The van der Waals surface area contributed by atoms with Gasteiger partial charge in [-0.05, 0) is 90.8 Å². The van der Waals surface area contributed by atoms with Crippen molar-refractivity contribution < 1.29 is 18.3 Å². The highest BCUT2D eigenvalue weighted by Gasteiger charge is 2.60. The van der Waals surface area contributed by atoms with Crippen molar-refractivity contribution in [3.8, 4) is 0 Å². The summed E-state index contributed by atoms with van der Waals surface area (Å²) in [6, 6.07) is 14.0. The average Bonchev–Trinajstić information content (AvgIpc) is 3.23. The van der Waals surface area contributed by atoms with E-state index in [4.69, 9.17) is 28.9 Å². The number of halogens is 7. The van der Waals surface area contributed by atoms with Crippen LogP contribution in [0.2, 0.25) is 10.0 Å². The van der Waals surface area contributed by atoms with E-state index in [1.807, 2.05) is 0 Å². The summed E-state index contributed by atoms with van der Waals surface area (Å²) in [7, 11) is 0. The second-order valence-corrected chi connectivity index (χ2v) is 10.2. The van der Waals surface area contributed by atoms with Crippen molar-refractivity contribution in [2.24, 2.45) is 4.99 Å². The zero-order valence-corrected chi connectivity index (χ0v) is 22.6. The van der Waals surface area contributed by atoms with Crippen molar-refractivity contribution in [2.45, 2.75) is 11.7 Å². The van der Waals surface area contributed by atoms with E-state index in [2.05, 4.69) is 42.0 Å². The molecule has 0 aliphatic rings. The zero-order chi connectivity index (χ0) is 26.3. The summed E-state index contributed by atoms with van der Waals surface area (Å²) in [5.74, 6) is -0.616. The highest BCUT2D eigenvalue weighted by atomic mass is 79.9. The molecule has 3 aromatic carbocycles. The van der Waals surface area contributed by atoms with Crippen molar-refractivity contribution in [3.63, 3.8) is 0 Å². The van der Waals surface area contributed by atoms with Crippen molar-refractivity contribution in [3.05, 3.63) is 109 Å². The van der Waals surface area contributed by atoms with Gasteiger partial charge in [0.05, 0.1) is 16.9 Å². The molecular formula is C24H14Br2Cl2F3N4O-. The molecule has 1 heterocycles. The molecule has 4 aromatic rings. The van der Waals surface area contributed by atoms with E-state index in [0.717, 1.165) is 17.1 Å². The van der Waals surface area contributed by atoms with E-state index in [1.54, 1.807) is 12.1 Å². The van der Waals surface area contributed by atoms with E-state index >= 15 is 13.2 Å². The lowest BCUT2D eigenvalue weighted by atomic mass is 9.82. The number of hydrogen-bond donors (Lipinski definition) is 1. The van der Waals surface area contributed by atoms with Crippen LogP contribution in [0, 0.1) is 0 Å². The maximum absolute atomic E-state index is 15.1. The van der Waals surface area contributed by atoms with Crippen LogP contribution >= 0.6 is 55.1 Å². The van der Waals surface area contributed by atoms with Gasteiger partial charge in [0.2, 0.25) is 5.54 Å². The van der Waals surface area contributed by atoms with Crippen LogP contribution in [0.4, 0.5) is 24.5 Å². The molecule has 0 saturated heterocycles. The van der Waals surface area contributed by atoms with Crippen LogP contribution in [0.3, 0.4) is 0 Å². The fraction of sp³-hybridized carbons (Fsp3) is 0.0833. The van der Waals surface area contributed by atoms with Gasteiger partial charge in [0, 0.05) is 25.9 Å². The topological polar surface area (TPSA) is 79.3 Å². The number of anilines is 1. The molecule has 1 unspecified atom stereocenters. The summed E-state index contributed by atoms with van der Waals surface area (Å²) in [5.41, 5.74) is 3.29. The molecule has 5 nitrogen and oxygen atoms in total. The molecule has 0 spiro atoms. The van der Waals surface area contributed by atoms with Gasteiger partial charge in [-0.3, -0.25) is 4.99 Å². The summed E-state index contributed by atoms with van der Waals surface area (Å²) in [5, 5.41) is 16.9. The molecule has 2 N–H and O–H groups in total. The van der Waals surface area contributed by atoms with Crippen LogP contribution in [0.1, 0.15) is 16.7 Å². The Kier molecular flexibility index (Phi) is 7.43. The fourth-order valence-electron chi connectivity index (χ4n) is 3.78. The number of aliphatic imine (C=N–C) groups is 1. The maximum atomic E-state index is 15.1. The smallest absolute Gasteiger partial charge is 0.422 e. The highest BCUT2D eigenvalue weighted by molar-refractivity contribution is 9.11. The monoisotopic (exact) mass is 659 g/mol. The van der Waals surface area contributed by atoms with E-state index in [0.29, 0.717) is 5.69 Å². The van der Waals surface area contributed by atoms with Gasteiger partial charge in [-0.2, -0.15) is 18.3 Å². The third-order valence-electron chi connectivity index (χ3n) is 5.35. The number of benzene rings is 3. The SMILES string of the molecule is Nc1cccc(C([O-])=Nc2c(Br)cc(C(c3ccc(Cl)cc3)(n3cc(Cl)cn3)C(F)(F)F)cc2Br)c1. The fourth-order valence-corrected chi connectivity index (χ4v) is 5.41. The van der Waals surface area contributed by atoms with E-state index in [1.165, 1.54) is 48.5 Å². The number of nitrogens with two attached hydrogens (primary N) is 1. The Labute approximate surface area is 230 Å². The molecule has 0 aliphatic carbocycles. The molecule has 4 rings (SSSR count). The molecule has 186 valence electrons. The van der Waals surface area contributed by atoms with Gasteiger partial charge in [0.1, 0.15) is 0 Å². The van der Waals surface area contributed by atoms with Crippen molar-refractivity contribution >= 4 is 72.3 Å². The molecule has 0 saturated carbocycles. The minimum Gasteiger partial charge on any atom is -0.858 e. The summed E-state index contributed by atoms with van der Waals surface area (Å²) in [6.45, 7) is 0. The zero-order valence-electron chi connectivity index (χ0n) is 17.9. The van der Waals surface area contributed by atoms with Crippen LogP contribution in [-0.4, -0.2) is 21.9 Å². The van der Waals surface area contributed by atoms with Gasteiger partial charge in [-0.1, -0.05) is 47.5 Å². The van der Waals surface area contributed by atoms with Crippen LogP contribution < -0.4 is 10.8 Å². The Bertz CT molecular complexity index is 1440. The third-order valence-corrected chi connectivity index (χ3v) is 7.00. The summed E-state index contributed by atoms with van der Waals surface area (Å²) >= 11 is 18.5. The Hall–Kier alpha value is -2.53. The first-order valence-electron chi connectivity index (χ1n) is 10.1. The maximum Gasteiger partial charge on any atom is 0.422 e. The molecule has 1 atom stereocenters. The minimum atomic E-state index is -4.88. The molecular weight excluding hydrogens is 648 g/mol. The van der Waals surface area contributed by atoms with Crippen LogP contribution in [0.5, 0.6) is 0 Å². The van der Waals surface area contributed by atoms with Crippen LogP contribution in [0.25, 0.3) is 0 Å². The number of nitrogens with zero attached hydrogens (tertiary/aromatic N) is 3. The Morgan fingerprint density at radius 3 is 2.11 bits per heavy atom. The first kappa shape index (κ1) is 26.5. The average molecular weight is 662 g/mol. The molecule has 12 heteroatoms. The van der Waals surface area contributed by atoms with Crippen LogP contribution in [0.15, 0.2) is 87.0 Å². The standard InChI is InChI=1S/C24H15Br2Cl2F3N4O/c25-19-9-15(10-20(26)21(19)34-22(36)13-2-1-3-18(32)8-13)23(24(29,30)31,35-12-17(28)11-33-35)14-4-6-16(27)7-5-14/h1-12H,32H2,(H,34,36)/p-1. The Morgan fingerprint density at radius 2 is 1.58 bits per heavy atom. The number of nitrogen functional groups attached to an aromatic ring is 1. The molecule has 0 bridgehead atoms. The van der Waals surface area contributed by atoms with E-state index in [-0.39, 0.29) is 41.4 Å². The molecule has 36 heavy (non-hydrogen) atoms. The predicted molar refractivity (Wildman–Crippen MR) is 140 cm³/mol. The van der Waals surface area contributed by atoms with Gasteiger partial charge >= 0.3 is 6.18 Å². The molecule has 0 radical (unpaired) electrons. The van der Waals surface area contributed by atoms with Crippen molar-refractivity contribution in [2.75, 3.05) is 5.73 Å². The summed E-state index contributed by atoms with van der Waals surface area (Å²) < 4.78 is 46.4. The van der Waals surface area contributed by atoms with Crippen LogP contribution in [-0.2, 0) is 5.54 Å². The lowest BCUT2D eigenvalue weighted by molar-refractivity contribution is -0.212. The normalized spacial score (nSPS) is 14.0. The molecule has 1 aromatic heterocycles. The quantitative estimate of drug-likeness (QED) is 0.141. The van der Waals surface area contributed by atoms with E-state index < -0.39 is 17.6 Å². The lowest BCUT2D eigenvalue weighted by Crippen LogP contribution is -2.50. The van der Waals surface area contributed by atoms with Gasteiger partial charge in [0.25, 0.3) is 0 Å². The number of aromatic nitrogens is 2. The largest absolute Gasteiger partial charge is 0.858 e. The van der Waals surface area contributed by atoms with Crippen molar-refractivity contribution in [1.82, 2.24) is 9.78 Å². The van der Waals surface area contributed by atoms with E-state index in [9.17, 15) is 5.11 Å². The lowest BCUT2D eigenvalue weighted by Gasteiger charge is -2.37. The second kappa shape index (κ2) is 10.1. The first-order chi connectivity index (χ1) is 16.9.